The maximum absolute atomic E-state index is 6.30. The number of nitrogens with two attached hydrogens (primary N) is 1. The van der Waals surface area contributed by atoms with E-state index in [1.54, 1.807) is 0 Å². The first-order valence-electron chi connectivity index (χ1n) is 7.27. The number of hydrogen-bond donors (Lipinski definition) is 1. The molecule has 0 aromatic heterocycles. The number of likely N-dealkylation sites (tertiary alicyclic amines) is 1. The first kappa shape index (κ1) is 12.2. The third kappa shape index (κ3) is 1.98. The molecule has 0 bridgehead atoms. The van der Waals surface area contributed by atoms with Gasteiger partial charge in [0, 0.05) is 24.7 Å². The predicted molar refractivity (Wildman–Crippen MR) is 75.3 cm³/mol. The quantitative estimate of drug-likeness (QED) is 0.821. The van der Waals surface area contributed by atoms with Crippen LogP contribution in [0.3, 0.4) is 0 Å². The van der Waals surface area contributed by atoms with Gasteiger partial charge in [0.1, 0.15) is 0 Å². The van der Waals surface area contributed by atoms with Crippen LogP contribution in [0.4, 0.5) is 0 Å². The van der Waals surface area contributed by atoms with Crippen molar-refractivity contribution in [2.45, 2.75) is 51.2 Å². The molecular formula is C16H24N2. The van der Waals surface area contributed by atoms with Crippen molar-refractivity contribution in [3.8, 4) is 0 Å². The summed E-state index contributed by atoms with van der Waals surface area (Å²) in [5.41, 5.74) is 9.14. The van der Waals surface area contributed by atoms with E-state index in [9.17, 15) is 0 Å². The second-order valence-electron chi connectivity index (χ2n) is 6.22. The summed E-state index contributed by atoms with van der Waals surface area (Å²) in [6.07, 6.45) is 3.80. The maximum Gasteiger partial charge on any atom is 0.0372 e. The third-order valence-corrected chi connectivity index (χ3v) is 4.80. The highest BCUT2D eigenvalue weighted by Gasteiger charge is 2.36. The molecule has 1 heterocycles. The number of hydrogen-bond acceptors (Lipinski definition) is 2. The summed E-state index contributed by atoms with van der Waals surface area (Å²) >= 11 is 0. The molecular weight excluding hydrogens is 220 g/mol. The molecule has 18 heavy (non-hydrogen) atoms. The fourth-order valence-corrected chi connectivity index (χ4v) is 3.72. The second-order valence-corrected chi connectivity index (χ2v) is 6.22. The van der Waals surface area contributed by atoms with Gasteiger partial charge in [-0.25, -0.2) is 0 Å². The number of benzene rings is 1. The van der Waals surface area contributed by atoms with Gasteiger partial charge in [0.05, 0.1) is 0 Å². The van der Waals surface area contributed by atoms with Gasteiger partial charge in [-0.05, 0) is 43.2 Å². The summed E-state index contributed by atoms with van der Waals surface area (Å²) in [6, 6.07) is 10.2. The molecule has 0 spiro atoms. The first-order valence-corrected chi connectivity index (χ1v) is 7.27. The van der Waals surface area contributed by atoms with Crippen LogP contribution in [0, 0.1) is 5.92 Å². The smallest absolute Gasteiger partial charge is 0.0372 e. The Bertz CT molecular complexity index is 429. The average Bonchev–Trinajstić information content (AvgIpc) is 2.71. The van der Waals surface area contributed by atoms with Crippen molar-refractivity contribution in [3.63, 3.8) is 0 Å². The number of rotatable bonds is 1. The molecule has 1 aromatic carbocycles. The summed E-state index contributed by atoms with van der Waals surface area (Å²) in [7, 11) is 0. The van der Waals surface area contributed by atoms with Crippen LogP contribution in [0.2, 0.25) is 0 Å². The molecule has 1 aliphatic heterocycles. The van der Waals surface area contributed by atoms with Gasteiger partial charge in [0.25, 0.3) is 0 Å². The van der Waals surface area contributed by atoms with Gasteiger partial charge < -0.3 is 5.73 Å². The van der Waals surface area contributed by atoms with Crippen LogP contribution < -0.4 is 5.73 Å². The summed E-state index contributed by atoms with van der Waals surface area (Å²) in [5, 5.41) is 0. The Morgan fingerprint density at radius 2 is 1.83 bits per heavy atom. The van der Waals surface area contributed by atoms with Gasteiger partial charge in [0.2, 0.25) is 0 Å². The summed E-state index contributed by atoms with van der Waals surface area (Å²) < 4.78 is 0. The fraction of sp³-hybridized carbons (Fsp3) is 0.625. The van der Waals surface area contributed by atoms with Crippen molar-refractivity contribution in [2.75, 3.05) is 6.54 Å². The van der Waals surface area contributed by atoms with Gasteiger partial charge in [-0.2, -0.15) is 0 Å². The van der Waals surface area contributed by atoms with E-state index in [-0.39, 0.29) is 6.04 Å². The van der Waals surface area contributed by atoms with E-state index in [2.05, 4.69) is 43.0 Å². The average molecular weight is 244 g/mol. The second kappa shape index (κ2) is 4.67. The molecule has 4 atom stereocenters. The largest absolute Gasteiger partial charge is 0.324 e. The van der Waals surface area contributed by atoms with Crippen molar-refractivity contribution in [2.24, 2.45) is 11.7 Å². The predicted octanol–water partition coefficient (Wildman–Crippen LogP) is 3.25. The van der Waals surface area contributed by atoms with E-state index in [1.807, 2.05) is 0 Å². The number of nitrogens with zero attached hydrogens (tertiary/aromatic N) is 1. The first-order chi connectivity index (χ1) is 8.66. The van der Waals surface area contributed by atoms with Crippen LogP contribution in [-0.4, -0.2) is 17.5 Å². The summed E-state index contributed by atoms with van der Waals surface area (Å²) in [6.45, 7) is 5.98. The molecule has 0 saturated carbocycles. The Labute approximate surface area is 110 Å². The molecule has 0 amide bonds. The molecule has 3 rings (SSSR count). The van der Waals surface area contributed by atoms with Crippen LogP contribution in [0.25, 0.3) is 0 Å². The van der Waals surface area contributed by atoms with E-state index >= 15 is 0 Å². The van der Waals surface area contributed by atoms with Crippen LogP contribution in [0.5, 0.6) is 0 Å². The lowest BCUT2D eigenvalue weighted by atomic mass is 9.92. The molecule has 0 radical (unpaired) electrons. The van der Waals surface area contributed by atoms with E-state index < -0.39 is 0 Å². The van der Waals surface area contributed by atoms with Gasteiger partial charge in [-0.15, -0.1) is 0 Å². The van der Waals surface area contributed by atoms with E-state index in [0.29, 0.717) is 12.1 Å². The lowest BCUT2D eigenvalue weighted by molar-refractivity contribution is 0.0746. The zero-order chi connectivity index (χ0) is 12.7. The van der Waals surface area contributed by atoms with Crippen molar-refractivity contribution in [1.82, 2.24) is 4.90 Å². The number of piperidine rings is 1. The van der Waals surface area contributed by atoms with E-state index in [4.69, 9.17) is 5.73 Å². The minimum Gasteiger partial charge on any atom is -0.324 e. The van der Waals surface area contributed by atoms with Gasteiger partial charge in [-0.3, -0.25) is 4.90 Å². The molecule has 2 heteroatoms. The Balaban J connectivity index is 1.89. The highest BCUT2D eigenvalue weighted by molar-refractivity contribution is 5.37. The molecule has 4 unspecified atom stereocenters. The molecule has 1 aliphatic carbocycles. The van der Waals surface area contributed by atoms with Gasteiger partial charge >= 0.3 is 0 Å². The maximum atomic E-state index is 6.30. The lowest BCUT2D eigenvalue weighted by Gasteiger charge is -2.41. The van der Waals surface area contributed by atoms with Gasteiger partial charge in [0.15, 0.2) is 0 Å². The molecule has 1 saturated heterocycles. The van der Waals surface area contributed by atoms with E-state index in [0.717, 1.165) is 12.3 Å². The van der Waals surface area contributed by atoms with Crippen molar-refractivity contribution < 1.29 is 0 Å². The Morgan fingerprint density at radius 3 is 2.61 bits per heavy atom. The molecule has 2 aliphatic rings. The zero-order valence-corrected chi connectivity index (χ0v) is 11.5. The van der Waals surface area contributed by atoms with Crippen LogP contribution in [0.1, 0.15) is 56.3 Å². The Morgan fingerprint density at radius 1 is 1.11 bits per heavy atom. The minimum atomic E-state index is 0.232. The fourth-order valence-electron chi connectivity index (χ4n) is 3.72. The highest BCUT2D eigenvalue weighted by Crippen LogP contribution is 2.43. The van der Waals surface area contributed by atoms with E-state index in [1.165, 1.54) is 30.5 Å². The minimum absolute atomic E-state index is 0.232. The molecule has 1 fully saturated rings. The van der Waals surface area contributed by atoms with Crippen LogP contribution in [0.15, 0.2) is 24.3 Å². The highest BCUT2D eigenvalue weighted by atomic mass is 15.2. The van der Waals surface area contributed by atoms with Crippen LogP contribution >= 0.6 is 0 Å². The Hall–Kier alpha value is -0.860. The SMILES string of the molecule is CC1CCC(C)N(C2CC(N)c3ccccc32)C1. The monoisotopic (exact) mass is 244 g/mol. The lowest BCUT2D eigenvalue weighted by Crippen LogP contribution is -2.42. The van der Waals surface area contributed by atoms with Crippen LogP contribution in [-0.2, 0) is 0 Å². The molecule has 2 N–H and O–H groups in total. The van der Waals surface area contributed by atoms with Crippen molar-refractivity contribution >= 4 is 0 Å². The third-order valence-electron chi connectivity index (χ3n) is 4.80. The van der Waals surface area contributed by atoms with Crippen molar-refractivity contribution in [3.05, 3.63) is 35.4 Å². The molecule has 1 aromatic rings. The Kier molecular flexibility index (Phi) is 3.16. The standard InChI is InChI=1S/C16H24N2/c1-11-7-8-12(2)18(10-11)16-9-15(17)13-5-3-4-6-14(13)16/h3-6,11-12,15-16H,7-10,17H2,1-2H3. The molecule has 2 nitrogen and oxygen atoms in total. The zero-order valence-electron chi connectivity index (χ0n) is 11.5. The normalized spacial score (nSPS) is 36.6. The van der Waals surface area contributed by atoms with Gasteiger partial charge in [-0.1, -0.05) is 31.2 Å². The van der Waals surface area contributed by atoms with Crippen molar-refractivity contribution in [1.29, 1.82) is 0 Å². The number of fused-ring (bicyclic) bond motifs is 1. The topological polar surface area (TPSA) is 29.3 Å². The molecule has 98 valence electrons. The summed E-state index contributed by atoms with van der Waals surface area (Å²) in [4.78, 5) is 2.69. The summed E-state index contributed by atoms with van der Waals surface area (Å²) in [5.74, 6) is 0.824.